The third-order valence-corrected chi connectivity index (χ3v) is 6.47. The van der Waals surface area contributed by atoms with E-state index in [1.54, 1.807) is 16.8 Å². The van der Waals surface area contributed by atoms with Gasteiger partial charge in [-0.25, -0.2) is 19.3 Å². The molecular formula is C27H25ClFN7. The summed E-state index contributed by atoms with van der Waals surface area (Å²) in [5, 5.41) is 9.20. The van der Waals surface area contributed by atoms with Gasteiger partial charge in [-0.1, -0.05) is 54.1 Å². The van der Waals surface area contributed by atoms with E-state index < -0.39 is 0 Å². The Morgan fingerprint density at radius 2 is 1.81 bits per heavy atom. The predicted octanol–water partition coefficient (Wildman–Crippen LogP) is 5.50. The third-order valence-electron chi connectivity index (χ3n) is 6.29. The lowest BCUT2D eigenvalue weighted by atomic mass is 10.0. The highest BCUT2D eigenvalue weighted by molar-refractivity contribution is 6.29. The minimum atomic E-state index is -0.368. The van der Waals surface area contributed by atoms with Crippen molar-refractivity contribution in [3.8, 4) is 22.8 Å². The van der Waals surface area contributed by atoms with Crippen molar-refractivity contribution in [2.45, 2.75) is 20.4 Å². The molecular weight excluding hydrogens is 477 g/mol. The molecule has 0 amide bonds. The van der Waals surface area contributed by atoms with Gasteiger partial charge in [0.05, 0.1) is 12.2 Å². The zero-order chi connectivity index (χ0) is 25.7. The minimum Gasteiger partial charge on any atom is -0.332 e. The van der Waals surface area contributed by atoms with Crippen LogP contribution < -0.4 is 5.62 Å². The Labute approximate surface area is 212 Å². The van der Waals surface area contributed by atoms with E-state index in [2.05, 4.69) is 16.5 Å². The van der Waals surface area contributed by atoms with Crippen molar-refractivity contribution in [2.75, 3.05) is 0 Å². The quantitative estimate of drug-likeness (QED) is 0.345. The normalized spacial score (nSPS) is 11.4. The van der Waals surface area contributed by atoms with Gasteiger partial charge < -0.3 is 9.13 Å². The monoisotopic (exact) mass is 501 g/mol. The van der Waals surface area contributed by atoms with Gasteiger partial charge in [0.25, 0.3) is 0 Å². The molecule has 5 aromatic rings. The van der Waals surface area contributed by atoms with Crippen LogP contribution in [0, 0.1) is 18.2 Å². The first-order valence-electron chi connectivity index (χ1n) is 11.4. The Balaban J connectivity index is 1.61. The van der Waals surface area contributed by atoms with Crippen LogP contribution >= 0.6 is 11.6 Å². The van der Waals surface area contributed by atoms with Crippen LogP contribution in [0.25, 0.3) is 39.5 Å². The average molecular weight is 502 g/mol. The summed E-state index contributed by atoms with van der Waals surface area (Å²) in [5.74, 6) is 0.813. The fraction of sp³-hybridized carbons (Fsp3) is 0.185. The molecule has 0 unspecified atom stereocenters. The number of aromatic nitrogens is 6. The zero-order valence-electron chi connectivity index (χ0n) is 20.5. The lowest BCUT2D eigenvalue weighted by Gasteiger charge is -2.11. The van der Waals surface area contributed by atoms with Crippen LogP contribution in [0.3, 0.4) is 0 Å². The zero-order valence-corrected chi connectivity index (χ0v) is 21.2. The average Bonchev–Trinajstić information content (AvgIpc) is 3.30. The Bertz CT molecular complexity index is 1710. The van der Waals surface area contributed by atoms with E-state index in [1.807, 2.05) is 61.3 Å². The Morgan fingerprint density at radius 1 is 1.08 bits per heavy atom. The maximum absolute atomic E-state index is 14.2. The topological polar surface area (TPSA) is 77.3 Å². The molecule has 0 aliphatic carbocycles. The molecule has 0 atom stereocenters. The molecule has 3 heterocycles. The van der Waals surface area contributed by atoms with Crippen LogP contribution in [-0.4, -0.2) is 28.7 Å². The molecule has 0 aliphatic heterocycles. The molecule has 0 saturated carbocycles. The van der Waals surface area contributed by atoms with Gasteiger partial charge in [-0.05, 0) is 37.1 Å². The summed E-state index contributed by atoms with van der Waals surface area (Å²) in [6, 6.07) is 12.5. The van der Waals surface area contributed by atoms with Crippen LogP contribution in [-0.2, 0) is 20.6 Å². The van der Waals surface area contributed by atoms with Gasteiger partial charge in [-0.2, -0.15) is 0 Å². The number of nitrogens with one attached hydrogen (secondary N) is 1. The lowest BCUT2D eigenvalue weighted by molar-refractivity contribution is 0.628. The van der Waals surface area contributed by atoms with Gasteiger partial charge in [-0.15, -0.1) is 0 Å². The number of imidazole rings is 2. The summed E-state index contributed by atoms with van der Waals surface area (Å²) in [4.78, 5) is 13.9. The highest BCUT2D eigenvalue weighted by atomic mass is 35.5. The van der Waals surface area contributed by atoms with Crippen LogP contribution in [0.2, 0.25) is 5.15 Å². The van der Waals surface area contributed by atoms with Crippen LogP contribution in [0.1, 0.15) is 23.7 Å². The first-order valence-corrected chi connectivity index (χ1v) is 11.7. The molecule has 0 aliphatic rings. The number of halogens is 2. The summed E-state index contributed by atoms with van der Waals surface area (Å²) in [7, 11) is 3.73. The Hall–Kier alpha value is -4.04. The number of allylic oxidation sites excluding steroid dienone is 1. The van der Waals surface area contributed by atoms with Gasteiger partial charge in [0.15, 0.2) is 11.5 Å². The fourth-order valence-corrected chi connectivity index (χ4v) is 4.73. The maximum Gasteiger partial charge on any atom is 0.204 e. The second-order valence-electron chi connectivity index (χ2n) is 8.94. The fourth-order valence-electron chi connectivity index (χ4n) is 4.50. The number of hydrogen-bond donors (Lipinski definition) is 1. The van der Waals surface area contributed by atoms with Gasteiger partial charge >= 0.3 is 0 Å². The van der Waals surface area contributed by atoms with Crippen molar-refractivity contribution in [2.24, 2.45) is 14.1 Å². The first-order chi connectivity index (χ1) is 17.1. The molecule has 2 aromatic carbocycles. The molecule has 9 heteroatoms. The van der Waals surface area contributed by atoms with E-state index in [9.17, 15) is 4.39 Å². The summed E-state index contributed by atoms with van der Waals surface area (Å²) < 4.78 is 19.7. The van der Waals surface area contributed by atoms with Gasteiger partial charge in [0, 0.05) is 31.4 Å². The van der Waals surface area contributed by atoms with Crippen molar-refractivity contribution < 1.29 is 4.39 Å². The van der Waals surface area contributed by atoms with Crippen LogP contribution in [0.15, 0.2) is 55.2 Å². The molecule has 0 bridgehead atoms. The van der Waals surface area contributed by atoms with E-state index in [4.69, 9.17) is 22.0 Å². The van der Waals surface area contributed by atoms with Crippen molar-refractivity contribution in [3.05, 3.63) is 88.6 Å². The van der Waals surface area contributed by atoms with Gasteiger partial charge in [0.2, 0.25) is 5.62 Å². The predicted molar refractivity (Wildman–Crippen MR) is 140 cm³/mol. The molecule has 182 valence electrons. The van der Waals surface area contributed by atoms with Crippen molar-refractivity contribution in [1.82, 2.24) is 28.7 Å². The van der Waals surface area contributed by atoms with E-state index in [-0.39, 0.29) is 5.82 Å². The SMILES string of the molecule is C=C(C)c1ccc(F)cc1-c1nc(C)c2c(n1)n(Cc1ccc(-c3nc(Cl)cn3C)cc1)c(=N)n2C. The van der Waals surface area contributed by atoms with E-state index in [0.717, 1.165) is 33.6 Å². The molecule has 0 spiro atoms. The highest BCUT2D eigenvalue weighted by Crippen LogP contribution is 2.29. The summed E-state index contributed by atoms with van der Waals surface area (Å²) >= 11 is 6.04. The van der Waals surface area contributed by atoms with Crippen molar-refractivity contribution >= 4 is 28.3 Å². The number of benzene rings is 2. The minimum absolute atomic E-state index is 0.291. The lowest BCUT2D eigenvalue weighted by Crippen LogP contribution is -2.23. The number of fused-ring (bicyclic) bond motifs is 1. The van der Waals surface area contributed by atoms with Crippen LogP contribution in [0.4, 0.5) is 4.39 Å². The second-order valence-corrected chi connectivity index (χ2v) is 9.33. The number of rotatable bonds is 5. The highest BCUT2D eigenvalue weighted by Gasteiger charge is 2.18. The summed E-state index contributed by atoms with van der Waals surface area (Å²) in [6.07, 6.45) is 1.76. The van der Waals surface area contributed by atoms with E-state index >= 15 is 0 Å². The molecule has 7 nitrogen and oxygen atoms in total. The molecule has 0 radical (unpaired) electrons. The number of nitrogens with zero attached hydrogens (tertiary/aromatic N) is 6. The molecule has 5 rings (SSSR count). The van der Waals surface area contributed by atoms with Crippen LogP contribution in [0.5, 0.6) is 0 Å². The number of hydrogen-bond acceptors (Lipinski definition) is 4. The van der Waals surface area contributed by atoms with Crippen molar-refractivity contribution in [3.63, 3.8) is 0 Å². The Morgan fingerprint density at radius 3 is 2.44 bits per heavy atom. The largest absolute Gasteiger partial charge is 0.332 e. The molecule has 36 heavy (non-hydrogen) atoms. The molecule has 0 saturated heterocycles. The molecule has 3 aromatic heterocycles. The summed E-state index contributed by atoms with van der Waals surface area (Å²) in [5.41, 5.74) is 6.47. The smallest absolute Gasteiger partial charge is 0.204 e. The van der Waals surface area contributed by atoms with Crippen molar-refractivity contribution in [1.29, 1.82) is 5.41 Å². The Kier molecular flexibility index (Phi) is 5.84. The summed E-state index contributed by atoms with van der Waals surface area (Å²) in [6.45, 7) is 8.21. The molecule has 0 fully saturated rings. The standard InChI is InChI=1S/C27H25ClFN7/c1-15(2)20-11-10-19(29)12-21(20)24-31-16(3)23-26(33-24)36(27(30)35(23)5)13-17-6-8-18(9-7-17)25-32-22(28)14-34(25)4/h6-12,14,30H,1,13H2,2-5H3. The second kappa shape index (κ2) is 8.87. The van der Waals surface area contributed by atoms with E-state index in [1.165, 1.54) is 12.1 Å². The third kappa shape index (κ3) is 4.03. The first kappa shape index (κ1) is 23.7. The van der Waals surface area contributed by atoms with Gasteiger partial charge in [-0.3, -0.25) is 9.98 Å². The maximum atomic E-state index is 14.2. The van der Waals surface area contributed by atoms with Gasteiger partial charge in [0.1, 0.15) is 22.3 Å². The molecule has 1 N–H and O–H groups in total. The van der Waals surface area contributed by atoms with E-state index in [0.29, 0.717) is 40.0 Å². The number of aryl methyl sites for hydroxylation is 3.